The number of hydrogen-bond acceptors (Lipinski definition) is 5. The molecular formula is C36H39Cl2N5O3. The van der Waals surface area contributed by atoms with Gasteiger partial charge in [-0.2, -0.15) is 5.01 Å². The molecule has 0 unspecified atom stereocenters. The Balaban J connectivity index is 1.46. The summed E-state index contributed by atoms with van der Waals surface area (Å²) in [5, 5.41) is 9.41. The minimum absolute atomic E-state index is 0.00713. The number of nitrogens with zero attached hydrogens (tertiary/aromatic N) is 4. The molecule has 1 N–H and O–H groups in total. The minimum atomic E-state index is -0.506. The second-order valence-corrected chi connectivity index (χ2v) is 12.3. The predicted octanol–water partition coefficient (Wildman–Crippen LogP) is 6.40. The molecule has 46 heavy (non-hydrogen) atoms. The maximum absolute atomic E-state index is 14.2. The summed E-state index contributed by atoms with van der Waals surface area (Å²) in [5.74, 6) is 0.00713. The summed E-state index contributed by atoms with van der Waals surface area (Å²) in [5.41, 5.74) is 2.87. The molecule has 0 saturated carbocycles. The molecule has 4 aromatic carbocycles. The van der Waals surface area contributed by atoms with Crippen molar-refractivity contribution in [3.05, 3.63) is 118 Å². The lowest BCUT2D eigenvalue weighted by Crippen LogP contribution is -2.69. The quantitative estimate of drug-likeness (QED) is 0.141. The van der Waals surface area contributed by atoms with Gasteiger partial charge in [-0.05, 0) is 59.5 Å². The van der Waals surface area contributed by atoms with Crippen LogP contribution in [0.2, 0.25) is 10.0 Å². The number of urea groups is 1. The number of carbonyl (C=O) groups is 3. The number of benzene rings is 4. The number of amides is 3. The number of hydrazine groups is 1. The van der Waals surface area contributed by atoms with Crippen molar-refractivity contribution in [2.45, 2.75) is 45.1 Å². The Bertz CT molecular complexity index is 1670. The Morgan fingerprint density at radius 1 is 0.957 bits per heavy atom. The number of piperazine rings is 1. The summed E-state index contributed by atoms with van der Waals surface area (Å²) in [4.78, 5) is 44.1. The van der Waals surface area contributed by atoms with E-state index in [0.717, 1.165) is 33.7 Å². The summed E-state index contributed by atoms with van der Waals surface area (Å²) in [6.07, 6.45) is 1.51. The van der Waals surface area contributed by atoms with E-state index in [2.05, 4.69) is 29.6 Å². The standard InChI is InChI=1S/C36H39Cl2N5O3/c1-3-18-43(36(46)39-23-27-16-17-31(37)32(38)21-27)42(19-20-44)34-25-41(24-29-14-9-13-28-12-7-8-15-30(28)29)35(45)33(40(34)2)22-26-10-5-4-6-11-26/h4-17,20-21,33-34H,3,18-19,22-25H2,1-2H3,(H,39,46)/t33-,34-/m0/s1. The first kappa shape index (κ1) is 33.4. The molecular weight excluding hydrogens is 621 g/mol. The molecule has 3 amide bonds. The molecule has 5 rings (SSSR count). The largest absolute Gasteiger partial charge is 0.334 e. The van der Waals surface area contributed by atoms with Gasteiger partial charge in [0.15, 0.2) is 0 Å². The Kier molecular flexibility index (Phi) is 11.3. The average molecular weight is 661 g/mol. The average Bonchev–Trinajstić information content (AvgIpc) is 3.07. The lowest BCUT2D eigenvalue weighted by molar-refractivity contribution is -0.162. The molecule has 240 valence electrons. The minimum Gasteiger partial charge on any atom is -0.334 e. The fourth-order valence-electron chi connectivity index (χ4n) is 6.09. The second kappa shape index (κ2) is 15.6. The van der Waals surface area contributed by atoms with E-state index in [9.17, 15) is 14.4 Å². The van der Waals surface area contributed by atoms with E-state index in [4.69, 9.17) is 23.2 Å². The Morgan fingerprint density at radius 3 is 2.43 bits per heavy atom. The molecule has 0 spiro atoms. The normalized spacial score (nSPS) is 17.0. The van der Waals surface area contributed by atoms with Gasteiger partial charge in [0.05, 0.1) is 35.3 Å². The van der Waals surface area contributed by atoms with Gasteiger partial charge in [-0.1, -0.05) is 109 Å². The van der Waals surface area contributed by atoms with Crippen molar-refractivity contribution in [1.82, 2.24) is 25.1 Å². The molecule has 1 heterocycles. The third kappa shape index (κ3) is 7.70. The van der Waals surface area contributed by atoms with Gasteiger partial charge in [-0.25, -0.2) is 4.79 Å². The lowest BCUT2D eigenvalue weighted by Gasteiger charge is -2.50. The van der Waals surface area contributed by atoms with Gasteiger partial charge in [0.1, 0.15) is 6.29 Å². The third-order valence-corrected chi connectivity index (χ3v) is 9.21. The van der Waals surface area contributed by atoms with Crippen LogP contribution in [-0.2, 0) is 29.1 Å². The molecule has 1 saturated heterocycles. The van der Waals surface area contributed by atoms with Crippen LogP contribution in [0.4, 0.5) is 4.79 Å². The van der Waals surface area contributed by atoms with Crippen molar-refractivity contribution in [3.8, 4) is 0 Å². The molecule has 0 radical (unpaired) electrons. The first-order chi connectivity index (χ1) is 22.3. The molecule has 1 fully saturated rings. The molecule has 1 aliphatic heterocycles. The van der Waals surface area contributed by atoms with E-state index in [1.807, 2.05) is 78.4 Å². The number of halogens is 2. The van der Waals surface area contributed by atoms with Crippen molar-refractivity contribution < 1.29 is 14.4 Å². The monoisotopic (exact) mass is 659 g/mol. The highest BCUT2D eigenvalue weighted by Crippen LogP contribution is 2.27. The fourth-order valence-corrected chi connectivity index (χ4v) is 6.42. The van der Waals surface area contributed by atoms with Crippen LogP contribution < -0.4 is 5.32 Å². The fraction of sp³-hybridized carbons (Fsp3) is 0.306. The number of carbonyl (C=O) groups excluding carboxylic acids is 3. The number of hydrogen-bond donors (Lipinski definition) is 1. The van der Waals surface area contributed by atoms with Crippen LogP contribution in [0.3, 0.4) is 0 Å². The van der Waals surface area contributed by atoms with Gasteiger partial charge in [0, 0.05) is 19.6 Å². The SMILES string of the molecule is CCCN(C(=O)NCc1ccc(Cl)c(Cl)c1)N(CC=O)[C@H]1CN(Cc2cccc3ccccc23)C(=O)[C@H](Cc2ccccc2)N1C. The van der Waals surface area contributed by atoms with Gasteiger partial charge >= 0.3 is 6.03 Å². The summed E-state index contributed by atoms with van der Waals surface area (Å²) in [7, 11) is 1.90. The van der Waals surface area contributed by atoms with Crippen molar-refractivity contribution in [3.63, 3.8) is 0 Å². The van der Waals surface area contributed by atoms with E-state index >= 15 is 0 Å². The molecule has 2 atom stereocenters. The zero-order chi connectivity index (χ0) is 32.6. The van der Waals surface area contributed by atoms with Crippen LogP contribution >= 0.6 is 23.2 Å². The van der Waals surface area contributed by atoms with Gasteiger partial charge in [-0.15, -0.1) is 0 Å². The second-order valence-electron chi connectivity index (χ2n) is 11.5. The molecule has 0 bridgehead atoms. The number of aldehydes is 1. The highest BCUT2D eigenvalue weighted by molar-refractivity contribution is 6.42. The lowest BCUT2D eigenvalue weighted by atomic mass is 9.99. The van der Waals surface area contributed by atoms with E-state index in [1.54, 1.807) is 22.2 Å². The highest BCUT2D eigenvalue weighted by atomic mass is 35.5. The number of likely N-dealkylation sites (N-methyl/N-ethyl adjacent to an activating group) is 1. The van der Waals surface area contributed by atoms with E-state index in [-0.39, 0.29) is 25.0 Å². The molecule has 8 nitrogen and oxygen atoms in total. The van der Waals surface area contributed by atoms with Crippen molar-refractivity contribution in [2.75, 3.05) is 26.7 Å². The van der Waals surface area contributed by atoms with E-state index in [1.165, 1.54) is 0 Å². The molecule has 1 aliphatic rings. The van der Waals surface area contributed by atoms with Gasteiger partial charge in [0.2, 0.25) is 5.91 Å². The van der Waals surface area contributed by atoms with Crippen molar-refractivity contribution in [2.24, 2.45) is 0 Å². The molecule has 10 heteroatoms. The van der Waals surface area contributed by atoms with Gasteiger partial charge in [0.25, 0.3) is 0 Å². The maximum atomic E-state index is 14.2. The smallest absolute Gasteiger partial charge is 0.332 e. The first-order valence-corrected chi connectivity index (χ1v) is 16.3. The zero-order valence-electron chi connectivity index (χ0n) is 26.1. The summed E-state index contributed by atoms with van der Waals surface area (Å²) < 4.78 is 0. The summed E-state index contributed by atoms with van der Waals surface area (Å²) >= 11 is 12.3. The van der Waals surface area contributed by atoms with Crippen LogP contribution in [-0.4, -0.2) is 76.9 Å². The number of nitrogens with one attached hydrogen (secondary N) is 1. The number of rotatable bonds is 12. The van der Waals surface area contributed by atoms with Crippen LogP contribution in [0.5, 0.6) is 0 Å². The van der Waals surface area contributed by atoms with Crippen LogP contribution in [0.25, 0.3) is 10.8 Å². The van der Waals surface area contributed by atoms with Crippen molar-refractivity contribution in [1.29, 1.82) is 0 Å². The topological polar surface area (TPSA) is 76.2 Å². The van der Waals surface area contributed by atoms with Crippen LogP contribution in [0.15, 0.2) is 91.0 Å². The van der Waals surface area contributed by atoms with E-state index in [0.29, 0.717) is 42.5 Å². The maximum Gasteiger partial charge on any atom is 0.332 e. The van der Waals surface area contributed by atoms with Gasteiger partial charge in [-0.3, -0.25) is 14.7 Å². The third-order valence-electron chi connectivity index (χ3n) is 8.47. The Hall–Kier alpha value is -3.95. The Labute approximate surface area is 280 Å². The predicted molar refractivity (Wildman–Crippen MR) is 183 cm³/mol. The van der Waals surface area contributed by atoms with Crippen LogP contribution in [0.1, 0.15) is 30.0 Å². The molecule has 0 aliphatic carbocycles. The summed E-state index contributed by atoms with van der Waals surface area (Å²) in [6.45, 7) is 3.28. The van der Waals surface area contributed by atoms with Crippen LogP contribution in [0, 0.1) is 0 Å². The highest BCUT2D eigenvalue weighted by Gasteiger charge is 2.43. The Morgan fingerprint density at radius 2 is 1.70 bits per heavy atom. The summed E-state index contributed by atoms with van der Waals surface area (Å²) in [6, 6.07) is 28.6. The van der Waals surface area contributed by atoms with Crippen molar-refractivity contribution >= 4 is 52.2 Å². The molecule has 0 aromatic heterocycles. The first-order valence-electron chi connectivity index (χ1n) is 15.5. The number of fused-ring (bicyclic) bond motifs is 1. The zero-order valence-corrected chi connectivity index (χ0v) is 27.6. The van der Waals surface area contributed by atoms with Gasteiger partial charge < -0.3 is 15.0 Å². The molecule has 4 aromatic rings. The van der Waals surface area contributed by atoms with E-state index < -0.39 is 12.2 Å².